The van der Waals surface area contributed by atoms with Gasteiger partial charge in [0.25, 0.3) is 0 Å². The summed E-state index contributed by atoms with van der Waals surface area (Å²) in [4.78, 5) is 8.54. The van der Waals surface area contributed by atoms with Crippen molar-refractivity contribution in [3.63, 3.8) is 0 Å². The number of likely N-dealkylation sites (tertiary alicyclic amines) is 1. The zero-order chi connectivity index (χ0) is 17.4. The minimum absolute atomic E-state index is 0.0442. The van der Waals surface area contributed by atoms with Crippen molar-refractivity contribution in [2.24, 2.45) is 0 Å². The number of hydrogen-bond acceptors (Lipinski definition) is 6. The van der Waals surface area contributed by atoms with Crippen LogP contribution in [0.4, 0.5) is 0 Å². The average Bonchev–Trinajstić information content (AvgIpc) is 3.35. The maximum absolute atomic E-state index is 10.9. The molecule has 1 atom stereocenters. The van der Waals surface area contributed by atoms with Crippen LogP contribution in [0.1, 0.15) is 42.1 Å². The third kappa shape index (κ3) is 2.77. The van der Waals surface area contributed by atoms with Gasteiger partial charge in [-0.2, -0.15) is 4.52 Å². The number of benzene rings is 1. The summed E-state index contributed by atoms with van der Waals surface area (Å²) in [6, 6.07) is 8.00. The molecule has 1 aromatic carbocycles. The molecule has 6 nitrogen and oxygen atoms in total. The Bertz CT molecular complexity index is 882. The standard InChI is InChI=1S/C18H22N4O2S/c1-3-14-19-18-22(20-14)17(23)16(25-18)15(21-10-6-7-11-21)12-8-4-5-9-13(12)24-2/h4-5,8-9,15,23H,3,6-7,10-11H2,1-2H3. The Morgan fingerprint density at radius 1 is 1.28 bits per heavy atom. The van der Waals surface area contributed by atoms with Crippen LogP contribution in [0.3, 0.4) is 0 Å². The highest BCUT2D eigenvalue weighted by Gasteiger charge is 2.32. The molecular formula is C18H22N4O2S. The number of aryl methyl sites for hydroxylation is 1. The fraction of sp³-hybridized carbons (Fsp3) is 0.444. The van der Waals surface area contributed by atoms with E-state index in [1.54, 1.807) is 11.6 Å². The summed E-state index contributed by atoms with van der Waals surface area (Å²) in [6.07, 6.45) is 3.10. The summed E-state index contributed by atoms with van der Waals surface area (Å²) < 4.78 is 7.16. The van der Waals surface area contributed by atoms with Gasteiger partial charge in [0, 0.05) is 12.0 Å². The molecule has 1 N–H and O–H groups in total. The van der Waals surface area contributed by atoms with Crippen LogP contribution in [0.15, 0.2) is 24.3 Å². The molecule has 3 aromatic rings. The first-order valence-corrected chi connectivity index (χ1v) is 9.48. The van der Waals surface area contributed by atoms with Crippen LogP contribution in [0.2, 0.25) is 0 Å². The normalized spacial score (nSPS) is 16.6. The number of para-hydroxylation sites is 1. The number of ether oxygens (including phenoxy) is 1. The molecule has 25 heavy (non-hydrogen) atoms. The Labute approximate surface area is 150 Å². The third-order valence-corrected chi connectivity index (χ3v) is 5.82. The monoisotopic (exact) mass is 358 g/mol. The fourth-order valence-electron chi connectivity index (χ4n) is 3.51. The SMILES string of the molecule is CCc1nc2sc(C(c3ccccc3OC)N3CCCC3)c(O)n2n1. The number of methoxy groups -OCH3 is 1. The number of aromatic hydroxyl groups is 1. The van der Waals surface area contributed by atoms with Crippen molar-refractivity contribution in [2.45, 2.75) is 32.2 Å². The quantitative estimate of drug-likeness (QED) is 0.758. The molecule has 0 spiro atoms. The van der Waals surface area contributed by atoms with Gasteiger partial charge >= 0.3 is 0 Å². The van der Waals surface area contributed by atoms with E-state index in [0.717, 1.165) is 46.5 Å². The summed E-state index contributed by atoms with van der Waals surface area (Å²) in [7, 11) is 1.69. The summed E-state index contributed by atoms with van der Waals surface area (Å²) >= 11 is 1.51. The van der Waals surface area contributed by atoms with E-state index in [9.17, 15) is 5.11 Å². The van der Waals surface area contributed by atoms with Crippen LogP contribution in [0.5, 0.6) is 11.6 Å². The lowest BCUT2D eigenvalue weighted by Crippen LogP contribution is -2.26. The highest BCUT2D eigenvalue weighted by Crippen LogP contribution is 2.43. The molecule has 1 aliphatic heterocycles. The molecule has 1 unspecified atom stereocenters. The van der Waals surface area contributed by atoms with Gasteiger partial charge in [-0.05, 0) is 32.0 Å². The second-order valence-electron chi connectivity index (χ2n) is 6.25. The molecule has 7 heteroatoms. The van der Waals surface area contributed by atoms with Crippen molar-refractivity contribution in [3.05, 3.63) is 40.5 Å². The summed E-state index contributed by atoms with van der Waals surface area (Å²) in [5, 5.41) is 15.3. The van der Waals surface area contributed by atoms with Gasteiger partial charge in [0.05, 0.1) is 18.0 Å². The maximum Gasteiger partial charge on any atom is 0.230 e. The van der Waals surface area contributed by atoms with Crippen molar-refractivity contribution in [1.82, 2.24) is 19.5 Å². The summed E-state index contributed by atoms with van der Waals surface area (Å²) in [5.74, 6) is 1.78. The number of aromatic nitrogens is 3. The molecular weight excluding hydrogens is 336 g/mol. The molecule has 0 bridgehead atoms. The first-order valence-electron chi connectivity index (χ1n) is 8.67. The second kappa shape index (κ2) is 6.65. The zero-order valence-corrected chi connectivity index (χ0v) is 15.3. The average molecular weight is 358 g/mol. The number of fused-ring (bicyclic) bond motifs is 1. The molecule has 4 rings (SSSR count). The minimum atomic E-state index is -0.0442. The topological polar surface area (TPSA) is 62.9 Å². The van der Waals surface area contributed by atoms with Gasteiger partial charge in [-0.1, -0.05) is 36.5 Å². The van der Waals surface area contributed by atoms with E-state index in [4.69, 9.17) is 4.74 Å². The number of hydrogen-bond donors (Lipinski definition) is 1. The minimum Gasteiger partial charge on any atom is -0.496 e. The van der Waals surface area contributed by atoms with Crippen LogP contribution < -0.4 is 4.74 Å². The van der Waals surface area contributed by atoms with E-state index < -0.39 is 0 Å². The highest BCUT2D eigenvalue weighted by molar-refractivity contribution is 7.17. The third-order valence-electron chi connectivity index (χ3n) is 4.75. The molecule has 132 valence electrons. The molecule has 1 saturated heterocycles. The molecule has 0 saturated carbocycles. The Morgan fingerprint density at radius 3 is 2.72 bits per heavy atom. The van der Waals surface area contributed by atoms with Gasteiger partial charge in [-0.15, -0.1) is 5.10 Å². The number of rotatable bonds is 5. The van der Waals surface area contributed by atoms with Gasteiger partial charge < -0.3 is 9.84 Å². The van der Waals surface area contributed by atoms with Crippen molar-refractivity contribution >= 4 is 16.3 Å². The Hall–Kier alpha value is -2.12. The Balaban J connectivity index is 1.86. The van der Waals surface area contributed by atoms with Gasteiger partial charge in [0.1, 0.15) is 5.75 Å². The van der Waals surface area contributed by atoms with E-state index in [2.05, 4.69) is 21.0 Å². The Kier molecular flexibility index (Phi) is 4.35. The molecule has 2 aromatic heterocycles. The lowest BCUT2D eigenvalue weighted by Gasteiger charge is -2.28. The predicted molar refractivity (Wildman–Crippen MR) is 97.6 cm³/mol. The van der Waals surface area contributed by atoms with Crippen molar-refractivity contribution in [1.29, 1.82) is 0 Å². The van der Waals surface area contributed by atoms with Gasteiger partial charge in [-0.25, -0.2) is 4.98 Å². The zero-order valence-electron chi connectivity index (χ0n) is 14.5. The van der Waals surface area contributed by atoms with Crippen LogP contribution in [0.25, 0.3) is 4.96 Å². The molecule has 0 radical (unpaired) electrons. The maximum atomic E-state index is 10.9. The van der Waals surface area contributed by atoms with Gasteiger partial charge in [-0.3, -0.25) is 4.90 Å². The largest absolute Gasteiger partial charge is 0.496 e. The fourth-order valence-corrected chi connectivity index (χ4v) is 4.64. The Morgan fingerprint density at radius 2 is 2.04 bits per heavy atom. The second-order valence-corrected chi connectivity index (χ2v) is 7.26. The van der Waals surface area contributed by atoms with E-state index >= 15 is 0 Å². The van der Waals surface area contributed by atoms with Crippen LogP contribution in [-0.4, -0.2) is 44.8 Å². The molecule has 0 amide bonds. The first kappa shape index (κ1) is 16.4. The molecule has 3 heterocycles. The predicted octanol–water partition coefficient (Wildman–Crippen LogP) is 3.25. The van der Waals surface area contributed by atoms with Crippen molar-refractivity contribution in [2.75, 3.05) is 20.2 Å². The van der Waals surface area contributed by atoms with Crippen molar-refractivity contribution < 1.29 is 9.84 Å². The molecule has 1 aliphatic rings. The van der Waals surface area contributed by atoms with E-state index in [1.165, 1.54) is 24.2 Å². The molecule has 0 aliphatic carbocycles. The first-order chi connectivity index (χ1) is 12.2. The van der Waals surface area contributed by atoms with Crippen LogP contribution >= 0.6 is 11.3 Å². The van der Waals surface area contributed by atoms with Gasteiger partial charge in [0.2, 0.25) is 10.8 Å². The van der Waals surface area contributed by atoms with Crippen LogP contribution in [-0.2, 0) is 6.42 Å². The van der Waals surface area contributed by atoms with E-state index in [-0.39, 0.29) is 11.9 Å². The van der Waals surface area contributed by atoms with Crippen molar-refractivity contribution in [3.8, 4) is 11.6 Å². The highest BCUT2D eigenvalue weighted by atomic mass is 32.1. The summed E-state index contributed by atoms with van der Waals surface area (Å²) in [6.45, 7) is 4.03. The number of thiazole rings is 1. The van der Waals surface area contributed by atoms with E-state index in [1.807, 2.05) is 25.1 Å². The van der Waals surface area contributed by atoms with Crippen LogP contribution in [0, 0.1) is 0 Å². The lowest BCUT2D eigenvalue weighted by molar-refractivity contribution is 0.270. The smallest absolute Gasteiger partial charge is 0.230 e. The van der Waals surface area contributed by atoms with Gasteiger partial charge in [0.15, 0.2) is 5.82 Å². The molecule has 1 fully saturated rings. The number of nitrogens with zero attached hydrogens (tertiary/aromatic N) is 4. The summed E-state index contributed by atoms with van der Waals surface area (Å²) in [5.41, 5.74) is 1.07. The van der Waals surface area contributed by atoms with E-state index in [0.29, 0.717) is 0 Å². The lowest BCUT2D eigenvalue weighted by atomic mass is 10.0.